The summed E-state index contributed by atoms with van der Waals surface area (Å²) in [6.07, 6.45) is 6.88. The number of nitrogens with zero attached hydrogens (tertiary/aromatic N) is 1. The Bertz CT molecular complexity index is 233. The topological polar surface area (TPSA) is 15.3 Å². The van der Waals surface area contributed by atoms with E-state index in [0.717, 1.165) is 25.0 Å². The molecule has 2 heteroatoms. The van der Waals surface area contributed by atoms with E-state index in [0.29, 0.717) is 0 Å². The Morgan fingerprint density at radius 3 is 2.88 bits per heavy atom. The summed E-state index contributed by atoms with van der Waals surface area (Å²) < 4.78 is 0. The number of piperidine rings is 1. The lowest BCUT2D eigenvalue weighted by atomic mass is 9.95. The van der Waals surface area contributed by atoms with Crippen LogP contribution in [0.3, 0.4) is 0 Å². The largest absolute Gasteiger partial charge is 0.310 e. The minimum Gasteiger partial charge on any atom is -0.310 e. The molecule has 0 amide bonds. The van der Waals surface area contributed by atoms with Gasteiger partial charge in [-0.3, -0.25) is 4.90 Å². The predicted molar refractivity (Wildman–Crippen MR) is 69.6 cm³/mol. The Kier molecular flexibility index (Phi) is 4.42. The third-order valence-corrected chi connectivity index (χ3v) is 3.85. The van der Waals surface area contributed by atoms with E-state index in [1.807, 2.05) is 0 Å². The number of hydrogen-bond acceptors (Lipinski definition) is 2. The van der Waals surface area contributed by atoms with Gasteiger partial charge in [0, 0.05) is 25.7 Å². The van der Waals surface area contributed by atoms with Gasteiger partial charge in [-0.1, -0.05) is 19.9 Å². The molecule has 1 saturated carbocycles. The molecule has 0 spiro atoms. The zero-order valence-corrected chi connectivity index (χ0v) is 10.7. The molecule has 1 heterocycles. The Morgan fingerprint density at radius 1 is 1.38 bits per heavy atom. The molecule has 2 rings (SSSR count). The van der Waals surface area contributed by atoms with E-state index in [4.69, 9.17) is 0 Å². The molecule has 1 saturated heterocycles. The quantitative estimate of drug-likeness (QED) is 0.694. The second-order valence-corrected chi connectivity index (χ2v) is 5.56. The van der Waals surface area contributed by atoms with Gasteiger partial charge < -0.3 is 5.32 Å². The van der Waals surface area contributed by atoms with Gasteiger partial charge in [-0.05, 0) is 43.7 Å². The van der Waals surface area contributed by atoms with Crippen LogP contribution in [-0.2, 0) is 0 Å². The van der Waals surface area contributed by atoms with Gasteiger partial charge in [0.2, 0.25) is 0 Å². The highest BCUT2D eigenvalue weighted by atomic mass is 15.1. The molecule has 2 nitrogen and oxygen atoms in total. The van der Waals surface area contributed by atoms with E-state index in [9.17, 15) is 0 Å². The Labute approximate surface area is 100 Å². The SMILES string of the molecule is C=C(CNC1CC1)CN1CCCC(CC)C1. The molecule has 1 unspecified atom stereocenters. The minimum absolute atomic E-state index is 0.807. The maximum absolute atomic E-state index is 4.20. The zero-order valence-electron chi connectivity index (χ0n) is 10.7. The van der Waals surface area contributed by atoms with Gasteiger partial charge in [-0.15, -0.1) is 0 Å². The van der Waals surface area contributed by atoms with Crippen LogP contribution in [-0.4, -0.2) is 37.1 Å². The summed E-state index contributed by atoms with van der Waals surface area (Å²) in [6.45, 7) is 11.2. The van der Waals surface area contributed by atoms with Crippen molar-refractivity contribution in [1.82, 2.24) is 10.2 Å². The molecule has 1 aliphatic carbocycles. The van der Waals surface area contributed by atoms with Gasteiger partial charge >= 0.3 is 0 Å². The van der Waals surface area contributed by atoms with Crippen LogP contribution >= 0.6 is 0 Å². The van der Waals surface area contributed by atoms with E-state index in [-0.39, 0.29) is 0 Å². The molecule has 92 valence electrons. The van der Waals surface area contributed by atoms with Gasteiger partial charge in [-0.2, -0.15) is 0 Å². The highest BCUT2D eigenvalue weighted by Crippen LogP contribution is 2.20. The molecule has 16 heavy (non-hydrogen) atoms. The molecule has 0 aromatic rings. The zero-order chi connectivity index (χ0) is 11.4. The van der Waals surface area contributed by atoms with Crippen molar-refractivity contribution in [3.63, 3.8) is 0 Å². The number of hydrogen-bond donors (Lipinski definition) is 1. The summed E-state index contributed by atoms with van der Waals surface area (Å²) in [5.74, 6) is 0.929. The maximum Gasteiger partial charge on any atom is 0.0202 e. The van der Waals surface area contributed by atoms with E-state index >= 15 is 0 Å². The molecule has 0 aromatic heterocycles. The number of nitrogens with one attached hydrogen (secondary N) is 1. The van der Waals surface area contributed by atoms with Crippen molar-refractivity contribution in [2.75, 3.05) is 26.2 Å². The first kappa shape index (κ1) is 12.1. The van der Waals surface area contributed by atoms with Crippen molar-refractivity contribution >= 4 is 0 Å². The lowest BCUT2D eigenvalue weighted by molar-refractivity contribution is 0.183. The van der Waals surface area contributed by atoms with Crippen LogP contribution in [0.2, 0.25) is 0 Å². The van der Waals surface area contributed by atoms with Crippen LogP contribution < -0.4 is 5.32 Å². The smallest absolute Gasteiger partial charge is 0.0202 e. The summed E-state index contributed by atoms with van der Waals surface area (Å²) in [7, 11) is 0. The third-order valence-electron chi connectivity index (χ3n) is 3.85. The minimum atomic E-state index is 0.807. The van der Waals surface area contributed by atoms with Crippen molar-refractivity contribution in [2.45, 2.75) is 45.1 Å². The first-order valence-electron chi connectivity index (χ1n) is 6.90. The summed E-state index contributed by atoms with van der Waals surface area (Å²) in [6, 6.07) is 0.807. The standard InChI is InChI=1S/C14H26N2/c1-3-13-5-4-8-16(11-13)10-12(2)9-15-14-6-7-14/h13-15H,2-11H2,1H3. The highest BCUT2D eigenvalue weighted by Gasteiger charge is 2.21. The molecule has 2 aliphatic rings. The van der Waals surface area contributed by atoms with Gasteiger partial charge in [0.25, 0.3) is 0 Å². The second-order valence-electron chi connectivity index (χ2n) is 5.56. The molecule has 0 radical (unpaired) electrons. The molecule has 1 aliphatic heterocycles. The van der Waals surface area contributed by atoms with E-state index in [1.165, 1.54) is 50.8 Å². The van der Waals surface area contributed by atoms with E-state index < -0.39 is 0 Å². The van der Waals surface area contributed by atoms with Gasteiger partial charge in [-0.25, -0.2) is 0 Å². The Balaban J connectivity index is 1.64. The van der Waals surface area contributed by atoms with Crippen LogP contribution in [0.25, 0.3) is 0 Å². The molecule has 1 N–H and O–H groups in total. The molecule has 0 aromatic carbocycles. The number of likely N-dealkylation sites (tertiary alicyclic amines) is 1. The van der Waals surface area contributed by atoms with Crippen LogP contribution in [0, 0.1) is 5.92 Å². The molecule has 1 atom stereocenters. The summed E-state index contributed by atoms with van der Waals surface area (Å²) in [5, 5.41) is 3.54. The van der Waals surface area contributed by atoms with Gasteiger partial charge in [0.05, 0.1) is 0 Å². The van der Waals surface area contributed by atoms with Crippen molar-refractivity contribution in [3.8, 4) is 0 Å². The number of rotatable bonds is 6. The average Bonchev–Trinajstić information content (AvgIpc) is 3.10. The van der Waals surface area contributed by atoms with E-state index in [2.05, 4.69) is 23.7 Å². The Morgan fingerprint density at radius 2 is 2.19 bits per heavy atom. The van der Waals surface area contributed by atoms with Crippen LogP contribution in [0.15, 0.2) is 12.2 Å². The van der Waals surface area contributed by atoms with Gasteiger partial charge in [0.15, 0.2) is 0 Å². The normalized spacial score (nSPS) is 26.9. The van der Waals surface area contributed by atoms with Crippen molar-refractivity contribution < 1.29 is 0 Å². The van der Waals surface area contributed by atoms with Crippen LogP contribution in [0.4, 0.5) is 0 Å². The van der Waals surface area contributed by atoms with Crippen LogP contribution in [0.5, 0.6) is 0 Å². The van der Waals surface area contributed by atoms with Crippen molar-refractivity contribution in [1.29, 1.82) is 0 Å². The van der Waals surface area contributed by atoms with Crippen LogP contribution in [0.1, 0.15) is 39.0 Å². The third kappa shape index (κ3) is 3.91. The fourth-order valence-corrected chi connectivity index (χ4v) is 2.58. The fourth-order valence-electron chi connectivity index (χ4n) is 2.58. The summed E-state index contributed by atoms with van der Waals surface area (Å²) in [4.78, 5) is 2.59. The summed E-state index contributed by atoms with van der Waals surface area (Å²) in [5.41, 5.74) is 1.36. The fraction of sp³-hybridized carbons (Fsp3) is 0.857. The molecular weight excluding hydrogens is 196 g/mol. The predicted octanol–water partition coefficient (Wildman–Crippen LogP) is 2.42. The van der Waals surface area contributed by atoms with E-state index in [1.54, 1.807) is 0 Å². The highest BCUT2D eigenvalue weighted by molar-refractivity contribution is 5.02. The summed E-state index contributed by atoms with van der Waals surface area (Å²) >= 11 is 0. The first-order chi connectivity index (χ1) is 7.78. The van der Waals surface area contributed by atoms with Gasteiger partial charge in [0.1, 0.15) is 0 Å². The monoisotopic (exact) mass is 222 g/mol. The maximum atomic E-state index is 4.20. The second kappa shape index (κ2) is 5.83. The molecule has 0 bridgehead atoms. The van der Waals surface area contributed by atoms with Crippen molar-refractivity contribution in [3.05, 3.63) is 12.2 Å². The average molecular weight is 222 g/mol. The molecular formula is C14H26N2. The lowest BCUT2D eigenvalue weighted by Gasteiger charge is -2.32. The lowest BCUT2D eigenvalue weighted by Crippen LogP contribution is -2.37. The molecule has 2 fully saturated rings. The first-order valence-corrected chi connectivity index (χ1v) is 6.90. The Hall–Kier alpha value is -0.340. The van der Waals surface area contributed by atoms with Crippen molar-refractivity contribution in [2.24, 2.45) is 5.92 Å².